The summed E-state index contributed by atoms with van der Waals surface area (Å²) in [6.45, 7) is 4.55. The lowest BCUT2D eigenvalue weighted by molar-refractivity contribution is -0.140. The van der Waals surface area contributed by atoms with E-state index in [1.807, 2.05) is 17.0 Å². The van der Waals surface area contributed by atoms with Crippen molar-refractivity contribution >= 4 is 35.0 Å². The number of carbonyl (C=O) groups excluding carboxylic acids is 2. The number of carbonyl (C=O) groups is 2. The molecule has 1 aromatic carbocycles. The summed E-state index contributed by atoms with van der Waals surface area (Å²) in [5, 5.41) is 6.20. The van der Waals surface area contributed by atoms with Crippen LogP contribution >= 0.6 is 0 Å². The van der Waals surface area contributed by atoms with E-state index in [2.05, 4.69) is 38.5 Å². The summed E-state index contributed by atoms with van der Waals surface area (Å²) in [7, 11) is 3.81. The molecule has 10 heteroatoms. The second kappa shape index (κ2) is 9.48. The van der Waals surface area contributed by atoms with Crippen molar-refractivity contribution in [2.24, 2.45) is 5.41 Å². The van der Waals surface area contributed by atoms with Crippen LogP contribution < -0.4 is 25.2 Å². The number of methoxy groups -OCH3 is 1. The fourth-order valence-corrected chi connectivity index (χ4v) is 6.23. The van der Waals surface area contributed by atoms with Gasteiger partial charge in [-0.15, -0.1) is 0 Å². The summed E-state index contributed by atoms with van der Waals surface area (Å²) in [5.74, 6) is 1.47. The third-order valence-corrected chi connectivity index (χ3v) is 8.45. The minimum atomic E-state index is -1.03. The van der Waals surface area contributed by atoms with E-state index >= 15 is 0 Å². The second-order valence-electron chi connectivity index (χ2n) is 10.7. The number of benzene rings is 1. The van der Waals surface area contributed by atoms with Gasteiger partial charge in [0, 0.05) is 68.7 Å². The Hall–Kier alpha value is -3.40. The summed E-state index contributed by atoms with van der Waals surface area (Å²) in [6, 6.07) is 6.19. The standard InChI is InChI=1S/C27H35N7O3/c1-32-11-13-33(14-12-32)20-7-8-21(22(15-20)37-2)30-26-29-17-18-16-27(9-10-28-24(27)35)25(36)34(23(18)31-26)19-5-3-4-6-19/h7-8,15,17,19H,3-6,9-14,16H2,1-2H3,(H,28,35)(H,29,30,31)/t27-/m1/s1. The molecule has 1 atom stereocenters. The Morgan fingerprint density at radius 3 is 2.62 bits per heavy atom. The van der Waals surface area contributed by atoms with Crippen LogP contribution in [0.4, 0.5) is 23.1 Å². The normalized spacial score (nSPS) is 24.5. The molecule has 1 aliphatic carbocycles. The molecular formula is C27H35N7O3. The number of amides is 2. The van der Waals surface area contributed by atoms with Gasteiger partial charge in [-0.3, -0.25) is 14.5 Å². The van der Waals surface area contributed by atoms with Crippen molar-refractivity contribution in [1.29, 1.82) is 0 Å². The zero-order valence-electron chi connectivity index (χ0n) is 21.6. The highest BCUT2D eigenvalue weighted by Gasteiger charge is 2.56. The summed E-state index contributed by atoms with van der Waals surface area (Å²) >= 11 is 0. The number of likely N-dealkylation sites (N-methyl/N-ethyl adjacent to an activating group) is 1. The van der Waals surface area contributed by atoms with E-state index in [9.17, 15) is 9.59 Å². The number of hydrogen-bond acceptors (Lipinski definition) is 8. The predicted octanol–water partition coefficient (Wildman–Crippen LogP) is 2.32. The molecule has 1 saturated carbocycles. The van der Waals surface area contributed by atoms with Crippen LogP contribution in [0.2, 0.25) is 0 Å². The number of hydrogen-bond donors (Lipinski definition) is 2. The highest BCUT2D eigenvalue weighted by molar-refractivity contribution is 6.14. The lowest BCUT2D eigenvalue weighted by atomic mass is 9.76. The molecule has 2 amide bonds. The van der Waals surface area contributed by atoms with E-state index in [1.165, 1.54) is 0 Å². The molecule has 1 aromatic heterocycles. The minimum Gasteiger partial charge on any atom is -0.494 e. The van der Waals surface area contributed by atoms with Crippen molar-refractivity contribution in [1.82, 2.24) is 20.2 Å². The van der Waals surface area contributed by atoms with Gasteiger partial charge in [0.1, 0.15) is 17.0 Å². The van der Waals surface area contributed by atoms with E-state index in [0.29, 0.717) is 36.9 Å². The highest BCUT2D eigenvalue weighted by atomic mass is 16.5. The van der Waals surface area contributed by atoms with Crippen LogP contribution in [0, 0.1) is 5.41 Å². The van der Waals surface area contributed by atoms with Gasteiger partial charge in [0.25, 0.3) is 0 Å². The maximum Gasteiger partial charge on any atom is 0.244 e. The molecular weight excluding hydrogens is 470 g/mol. The van der Waals surface area contributed by atoms with E-state index in [0.717, 1.165) is 68.8 Å². The molecule has 0 unspecified atom stereocenters. The number of fused-ring (bicyclic) bond motifs is 1. The van der Waals surface area contributed by atoms with Gasteiger partial charge in [0.2, 0.25) is 17.8 Å². The number of rotatable bonds is 5. The monoisotopic (exact) mass is 505 g/mol. The summed E-state index contributed by atoms with van der Waals surface area (Å²) < 4.78 is 5.71. The Morgan fingerprint density at radius 2 is 1.92 bits per heavy atom. The molecule has 4 aliphatic rings. The van der Waals surface area contributed by atoms with Crippen molar-refractivity contribution in [3.8, 4) is 5.75 Å². The lowest BCUT2D eigenvalue weighted by Gasteiger charge is -2.40. The van der Waals surface area contributed by atoms with Gasteiger partial charge in [-0.1, -0.05) is 12.8 Å². The van der Waals surface area contributed by atoms with Gasteiger partial charge in [-0.05, 0) is 38.4 Å². The van der Waals surface area contributed by atoms with Crippen LogP contribution in [0.3, 0.4) is 0 Å². The number of anilines is 4. The van der Waals surface area contributed by atoms with Gasteiger partial charge in [-0.25, -0.2) is 4.98 Å². The van der Waals surface area contributed by atoms with E-state index < -0.39 is 5.41 Å². The smallest absolute Gasteiger partial charge is 0.244 e. The summed E-state index contributed by atoms with van der Waals surface area (Å²) in [6.07, 6.45) is 6.65. The van der Waals surface area contributed by atoms with Crippen molar-refractivity contribution < 1.29 is 14.3 Å². The number of ether oxygens (including phenoxy) is 1. The fourth-order valence-electron chi connectivity index (χ4n) is 6.23. The molecule has 0 bridgehead atoms. The van der Waals surface area contributed by atoms with Crippen LogP contribution in [-0.2, 0) is 16.0 Å². The topological polar surface area (TPSA) is 103 Å². The Balaban J connectivity index is 1.30. The summed E-state index contributed by atoms with van der Waals surface area (Å²) in [4.78, 5) is 42.6. The van der Waals surface area contributed by atoms with E-state index in [1.54, 1.807) is 13.3 Å². The first-order valence-electron chi connectivity index (χ1n) is 13.3. The quantitative estimate of drug-likeness (QED) is 0.597. The Kier molecular flexibility index (Phi) is 6.14. The summed E-state index contributed by atoms with van der Waals surface area (Å²) in [5.41, 5.74) is 1.71. The van der Waals surface area contributed by atoms with E-state index in [-0.39, 0.29) is 17.9 Å². The molecule has 37 heavy (non-hydrogen) atoms. The molecule has 4 heterocycles. The van der Waals surface area contributed by atoms with Crippen LogP contribution in [-0.4, -0.2) is 79.6 Å². The average molecular weight is 506 g/mol. The first-order valence-corrected chi connectivity index (χ1v) is 13.3. The number of piperazine rings is 1. The highest BCUT2D eigenvalue weighted by Crippen LogP contribution is 2.44. The number of aromatic nitrogens is 2. The average Bonchev–Trinajstić information content (AvgIpc) is 3.56. The first-order chi connectivity index (χ1) is 18.0. The molecule has 3 aliphatic heterocycles. The zero-order valence-corrected chi connectivity index (χ0v) is 21.6. The molecule has 2 aromatic rings. The van der Waals surface area contributed by atoms with Crippen molar-refractivity contribution in [2.75, 3.05) is 62.0 Å². The SMILES string of the molecule is COc1cc(N2CCN(C)CC2)ccc1Nc1ncc2c(n1)N(C1CCCC1)C(=O)[C@]1(CCNC1=O)C2. The molecule has 196 valence electrons. The maximum atomic E-state index is 13.8. The Morgan fingerprint density at radius 1 is 1.14 bits per heavy atom. The van der Waals surface area contributed by atoms with E-state index in [4.69, 9.17) is 9.72 Å². The van der Waals surface area contributed by atoms with Crippen molar-refractivity contribution in [3.63, 3.8) is 0 Å². The van der Waals surface area contributed by atoms with Gasteiger partial charge in [0.15, 0.2) is 0 Å². The second-order valence-corrected chi connectivity index (χ2v) is 10.7. The van der Waals surface area contributed by atoms with Gasteiger partial charge in [0.05, 0.1) is 12.8 Å². The van der Waals surface area contributed by atoms with Gasteiger partial charge >= 0.3 is 0 Å². The Bertz CT molecular complexity index is 1210. The first kappa shape index (κ1) is 24.0. The molecule has 0 radical (unpaired) electrons. The van der Waals surface area contributed by atoms with Crippen LogP contribution in [0.1, 0.15) is 37.7 Å². The van der Waals surface area contributed by atoms with Gasteiger partial charge < -0.3 is 25.2 Å². The van der Waals surface area contributed by atoms with Crippen molar-refractivity contribution in [3.05, 3.63) is 30.0 Å². The van der Waals surface area contributed by atoms with Crippen LogP contribution in [0.5, 0.6) is 5.75 Å². The van der Waals surface area contributed by atoms with Gasteiger partial charge in [-0.2, -0.15) is 4.98 Å². The number of nitrogens with zero attached hydrogens (tertiary/aromatic N) is 5. The molecule has 3 fully saturated rings. The Labute approximate surface area is 217 Å². The molecule has 2 N–H and O–H groups in total. The fraction of sp³-hybridized carbons (Fsp3) is 0.556. The minimum absolute atomic E-state index is 0.0667. The molecule has 6 rings (SSSR count). The van der Waals surface area contributed by atoms with Crippen LogP contribution in [0.25, 0.3) is 0 Å². The molecule has 1 spiro atoms. The van der Waals surface area contributed by atoms with Crippen molar-refractivity contribution in [2.45, 2.75) is 44.6 Å². The zero-order chi connectivity index (χ0) is 25.6. The third-order valence-electron chi connectivity index (χ3n) is 8.45. The molecule has 10 nitrogen and oxygen atoms in total. The third kappa shape index (κ3) is 4.17. The molecule has 2 saturated heterocycles. The maximum absolute atomic E-state index is 13.8. The largest absolute Gasteiger partial charge is 0.494 e. The number of nitrogens with one attached hydrogen (secondary N) is 2. The predicted molar refractivity (Wildman–Crippen MR) is 142 cm³/mol. The lowest BCUT2D eigenvalue weighted by Crippen LogP contribution is -2.56. The van der Waals surface area contributed by atoms with Crippen LogP contribution in [0.15, 0.2) is 24.4 Å².